The number of carbonyl (C=O) groups is 1. The second kappa shape index (κ2) is 7.33. The van der Waals surface area contributed by atoms with E-state index in [-0.39, 0.29) is 22.8 Å². The van der Waals surface area contributed by atoms with Crippen LogP contribution in [-0.2, 0) is 16.6 Å². The first kappa shape index (κ1) is 17.8. The minimum absolute atomic E-state index is 0.0702. The van der Waals surface area contributed by atoms with Gasteiger partial charge in [0.2, 0.25) is 10.0 Å². The molecule has 2 N–H and O–H groups in total. The predicted octanol–water partition coefficient (Wildman–Crippen LogP) is 1.88. The molecule has 0 heterocycles. The van der Waals surface area contributed by atoms with Crippen molar-refractivity contribution in [1.29, 1.82) is 0 Å². The third-order valence-corrected chi connectivity index (χ3v) is 4.74. The molecule has 8 heteroatoms. The summed E-state index contributed by atoms with van der Waals surface area (Å²) in [6.07, 6.45) is 0. The van der Waals surface area contributed by atoms with Crippen LogP contribution in [0.3, 0.4) is 0 Å². The van der Waals surface area contributed by atoms with Gasteiger partial charge in [-0.25, -0.2) is 17.9 Å². The molecule has 0 saturated heterocycles. The molecule has 0 saturated carbocycles. The van der Waals surface area contributed by atoms with Crippen molar-refractivity contribution in [1.82, 2.24) is 4.72 Å². The monoisotopic (exact) mass is 351 g/mol. The zero-order valence-electron chi connectivity index (χ0n) is 13.1. The summed E-state index contributed by atoms with van der Waals surface area (Å²) < 4.78 is 37.1. The molecule has 2 aromatic carbocycles. The molecule has 0 aliphatic carbocycles. The summed E-state index contributed by atoms with van der Waals surface area (Å²) in [5.41, 5.74) is 0.524. The minimum Gasteiger partial charge on any atom is -0.497 e. The van der Waals surface area contributed by atoms with Crippen LogP contribution in [0, 0.1) is 0 Å². The Balaban J connectivity index is 2.20. The van der Waals surface area contributed by atoms with Gasteiger partial charge in [0.1, 0.15) is 17.1 Å². The Kier molecular flexibility index (Phi) is 5.42. The topological polar surface area (TPSA) is 102 Å². The van der Waals surface area contributed by atoms with E-state index in [4.69, 9.17) is 14.6 Å². The average Bonchev–Trinajstić information content (AvgIpc) is 2.59. The summed E-state index contributed by atoms with van der Waals surface area (Å²) in [6, 6.07) is 10.6. The SMILES string of the molecule is COc1ccc(CNS(=O)(=O)c2ccc(OC)c(C(=O)O)c2)cc1. The zero-order valence-corrected chi connectivity index (χ0v) is 14.0. The van der Waals surface area contributed by atoms with Crippen LogP contribution in [0.15, 0.2) is 47.4 Å². The van der Waals surface area contributed by atoms with E-state index < -0.39 is 16.0 Å². The number of methoxy groups -OCH3 is 2. The lowest BCUT2D eigenvalue weighted by atomic mass is 10.2. The maximum atomic E-state index is 12.3. The fourth-order valence-corrected chi connectivity index (χ4v) is 3.07. The Morgan fingerprint density at radius 3 is 2.29 bits per heavy atom. The fraction of sp³-hybridized carbons (Fsp3) is 0.188. The second-order valence-corrected chi connectivity index (χ2v) is 6.61. The lowest BCUT2D eigenvalue weighted by molar-refractivity contribution is 0.0693. The van der Waals surface area contributed by atoms with Crippen LogP contribution in [0.25, 0.3) is 0 Å². The van der Waals surface area contributed by atoms with Crippen molar-refractivity contribution in [3.8, 4) is 11.5 Å². The van der Waals surface area contributed by atoms with Crippen LogP contribution in [0.1, 0.15) is 15.9 Å². The molecule has 2 aromatic rings. The van der Waals surface area contributed by atoms with Gasteiger partial charge in [0, 0.05) is 6.54 Å². The Bertz CT molecular complexity index is 830. The van der Waals surface area contributed by atoms with Crippen molar-refractivity contribution in [3.05, 3.63) is 53.6 Å². The molecule has 0 spiro atoms. The van der Waals surface area contributed by atoms with Crippen molar-refractivity contribution in [3.63, 3.8) is 0 Å². The van der Waals surface area contributed by atoms with Gasteiger partial charge in [-0.3, -0.25) is 0 Å². The summed E-state index contributed by atoms with van der Waals surface area (Å²) in [6.45, 7) is 0.0702. The maximum Gasteiger partial charge on any atom is 0.339 e. The van der Waals surface area contributed by atoms with Crippen molar-refractivity contribution in [2.75, 3.05) is 14.2 Å². The summed E-state index contributed by atoms with van der Waals surface area (Å²) >= 11 is 0. The molecule has 0 aromatic heterocycles. The number of aromatic carboxylic acids is 1. The van der Waals surface area contributed by atoms with E-state index in [0.29, 0.717) is 5.75 Å². The van der Waals surface area contributed by atoms with Gasteiger partial charge in [0.15, 0.2) is 0 Å². The summed E-state index contributed by atoms with van der Waals surface area (Å²) in [5, 5.41) is 9.14. The molecule has 0 bridgehead atoms. The molecule has 0 amide bonds. The maximum absolute atomic E-state index is 12.3. The fourth-order valence-electron chi connectivity index (χ4n) is 2.03. The second-order valence-electron chi connectivity index (χ2n) is 4.84. The van der Waals surface area contributed by atoms with Gasteiger partial charge < -0.3 is 14.6 Å². The van der Waals surface area contributed by atoms with Crippen molar-refractivity contribution in [2.24, 2.45) is 0 Å². The smallest absolute Gasteiger partial charge is 0.339 e. The van der Waals surface area contributed by atoms with Crippen LogP contribution in [0.5, 0.6) is 11.5 Å². The Morgan fingerprint density at radius 1 is 1.08 bits per heavy atom. The number of rotatable bonds is 7. The molecule has 2 rings (SSSR count). The molecule has 0 radical (unpaired) electrons. The first-order valence-electron chi connectivity index (χ1n) is 6.91. The first-order valence-corrected chi connectivity index (χ1v) is 8.39. The number of hydrogen-bond donors (Lipinski definition) is 2. The van der Waals surface area contributed by atoms with Crippen molar-refractivity contribution >= 4 is 16.0 Å². The molecule has 0 aliphatic rings. The third-order valence-electron chi connectivity index (χ3n) is 3.34. The first-order chi connectivity index (χ1) is 11.4. The molecular formula is C16H17NO6S. The Labute approximate surface area is 139 Å². The zero-order chi connectivity index (χ0) is 17.7. The number of ether oxygens (including phenoxy) is 2. The van der Waals surface area contributed by atoms with Crippen LogP contribution < -0.4 is 14.2 Å². The van der Waals surface area contributed by atoms with Gasteiger partial charge in [-0.15, -0.1) is 0 Å². The standard InChI is InChI=1S/C16H17NO6S/c1-22-12-5-3-11(4-6-12)10-17-24(20,21)13-7-8-15(23-2)14(9-13)16(18)19/h3-9,17H,10H2,1-2H3,(H,18,19). The molecule has 24 heavy (non-hydrogen) atoms. The molecular weight excluding hydrogens is 334 g/mol. The summed E-state index contributed by atoms with van der Waals surface area (Å²) in [5.74, 6) is -0.501. The summed E-state index contributed by atoms with van der Waals surface area (Å²) in [4.78, 5) is 11.0. The lowest BCUT2D eigenvalue weighted by Gasteiger charge is -2.10. The van der Waals surface area contributed by atoms with E-state index in [1.807, 2.05) is 0 Å². The van der Waals surface area contributed by atoms with E-state index in [1.165, 1.54) is 19.2 Å². The highest BCUT2D eigenvalue weighted by molar-refractivity contribution is 7.89. The van der Waals surface area contributed by atoms with Crippen LogP contribution in [-0.4, -0.2) is 33.7 Å². The molecule has 0 unspecified atom stereocenters. The molecule has 0 aliphatic heterocycles. The number of nitrogens with one attached hydrogen (secondary N) is 1. The lowest BCUT2D eigenvalue weighted by Crippen LogP contribution is -2.23. The van der Waals surface area contributed by atoms with Crippen molar-refractivity contribution in [2.45, 2.75) is 11.4 Å². The summed E-state index contributed by atoms with van der Waals surface area (Å²) in [7, 11) is -0.995. The van der Waals surface area contributed by atoms with Gasteiger partial charge in [-0.05, 0) is 35.9 Å². The van der Waals surface area contributed by atoms with Crippen LogP contribution in [0.4, 0.5) is 0 Å². The number of hydrogen-bond acceptors (Lipinski definition) is 5. The number of carboxylic acids is 1. The largest absolute Gasteiger partial charge is 0.497 e. The van der Waals surface area contributed by atoms with E-state index >= 15 is 0 Å². The van der Waals surface area contributed by atoms with Gasteiger partial charge in [-0.1, -0.05) is 12.1 Å². The normalized spacial score (nSPS) is 11.1. The minimum atomic E-state index is -3.86. The number of carboxylic acid groups (broad SMARTS) is 1. The van der Waals surface area contributed by atoms with E-state index in [0.717, 1.165) is 11.6 Å². The number of sulfonamides is 1. The predicted molar refractivity (Wildman–Crippen MR) is 87.0 cm³/mol. The van der Waals surface area contributed by atoms with Gasteiger partial charge >= 0.3 is 5.97 Å². The molecule has 0 fully saturated rings. The Hall–Kier alpha value is -2.58. The van der Waals surface area contributed by atoms with Gasteiger partial charge in [0.05, 0.1) is 19.1 Å². The molecule has 7 nitrogen and oxygen atoms in total. The molecule has 0 atom stereocenters. The van der Waals surface area contributed by atoms with Crippen molar-refractivity contribution < 1.29 is 27.8 Å². The quantitative estimate of drug-likeness (QED) is 0.790. The third kappa shape index (κ3) is 4.03. The van der Waals surface area contributed by atoms with E-state index in [2.05, 4.69) is 4.72 Å². The Morgan fingerprint density at radius 2 is 1.75 bits per heavy atom. The van der Waals surface area contributed by atoms with E-state index in [9.17, 15) is 13.2 Å². The van der Waals surface area contributed by atoms with Gasteiger partial charge in [-0.2, -0.15) is 0 Å². The van der Waals surface area contributed by atoms with Gasteiger partial charge in [0.25, 0.3) is 0 Å². The average molecular weight is 351 g/mol. The molecule has 128 valence electrons. The highest BCUT2D eigenvalue weighted by Gasteiger charge is 2.19. The number of benzene rings is 2. The highest BCUT2D eigenvalue weighted by Crippen LogP contribution is 2.22. The van der Waals surface area contributed by atoms with Crippen LogP contribution >= 0.6 is 0 Å². The highest BCUT2D eigenvalue weighted by atomic mass is 32.2. The van der Waals surface area contributed by atoms with Crippen LogP contribution in [0.2, 0.25) is 0 Å². The van der Waals surface area contributed by atoms with E-state index in [1.54, 1.807) is 31.4 Å².